The van der Waals surface area contributed by atoms with Gasteiger partial charge in [0.15, 0.2) is 0 Å². The summed E-state index contributed by atoms with van der Waals surface area (Å²) in [6.45, 7) is 2.04. The second-order valence-electron chi connectivity index (χ2n) is 16.7. The molecule has 12 rings (SSSR count). The lowest BCUT2D eigenvalue weighted by atomic mass is 9.84. The number of hydrogen-bond donors (Lipinski definition) is 0. The first-order chi connectivity index (χ1) is 32.2. The molecule has 2 heteroatoms. The van der Waals surface area contributed by atoms with Crippen molar-refractivity contribution in [3.05, 3.63) is 236 Å². The van der Waals surface area contributed by atoms with E-state index in [1.807, 2.05) is 35.7 Å². The van der Waals surface area contributed by atoms with Crippen molar-refractivity contribution >= 4 is 93.4 Å². The van der Waals surface area contributed by atoms with E-state index in [1.54, 1.807) is 0 Å². The van der Waals surface area contributed by atoms with E-state index < -0.39 is 0 Å². The van der Waals surface area contributed by atoms with Gasteiger partial charge in [-0.15, -0.1) is 22.7 Å². The molecule has 0 aliphatic carbocycles. The topological polar surface area (TPSA) is 0 Å². The summed E-state index contributed by atoms with van der Waals surface area (Å²) in [5.41, 5.74) is 8.80. The normalized spacial score (nSPS) is 12.2. The number of hydrogen-bond acceptors (Lipinski definition) is 2. The summed E-state index contributed by atoms with van der Waals surface area (Å²) in [7, 11) is 0. The zero-order chi connectivity index (χ0) is 43.3. The molecule has 0 unspecified atom stereocenters. The lowest BCUT2D eigenvalue weighted by Gasteiger charge is -2.19. The third-order valence-electron chi connectivity index (χ3n) is 12.8. The minimum Gasteiger partial charge on any atom is -0.134 e. The molecule has 0 saturated heterocycles. The maximum Gasteiger partial charge on any atom is 0.0449 e. The van der Waals surface area contributed by atoms with Crippen molar-refractivity contribution in [2.45, 2.75) is 6.92 Å². The molecule has 0 fully saturated rings. The molecule has 0 atom stereocenters. The van der Waals surface area contributed by atoms with Crippen molar-refractivity contribution in [2.75, 3.05) is 0 Å². The summed E-state index contributed by atoms with van der Waals surface area (Å²) < 4.78 is 0. The van der Waals surface area contributed by atoms with E-state index in [0.29, 0.717) is 0 Å². The van der Waals surface area contributed by atoms with Crippen LogP contribution in [-0.4, -0.2) is 0 Å². The van der Waals surface area contributed by atoms with Crippen molar-refractivity contribution < 1.29 is 0 Å². The van der Waals surface area contributed by atoms with Gasteiger partial charge in [0.25, 0.3) is 0 Å². The number of fused-ring (bicyclic) bond motifs is 6. The molecule has 0 N–H and O–H groups in total. The summed E-state index contributed by atoms with van der Waals surface area (Å²) in [4.78, 5) is 5.11. The van der Waals surface area contributed by atoms with Crippen molar-refractivity contribution in [2.24, 2.45) is 0 Å². The molecule has 12 aromatic rings. The molecule has 0 saturated carbocycles. The van der Waals surface area contributed by atoms with Gasteiger partial charge < -0.3 is 0 Å². The predicted octanol–water partition coefficient (Wildman–Crippen LogP) is 19.2. The Morgan fingerprint density at radius 1 is 0.292 bits per heavy atom. The summed E-state index contributed by atoms with van der Waals surface area (Å²) in [5, 5.41) is 15.1. The van der Waals surface area contributed by atoms with Gasteiger partial charge in [-0.1, -0.05) is 194 Å². The van der Waals surface area contributed by atoms with E-state index in [-0.39, 0.29) is 0 Å². The zero-order valence-electron chi connectivity index (χ0n) is 35.8. The molecule has 65 heavy (non-hydrogen) atoms. The Balaban J connectivity index is 0.996. The van der Waals surface area contributed by atoms with E-state index in [0.717, 1.165) is 0 Å². The van der Waals surface area contributed by atoms with Crippen LogP contribution in [0.3, 0.4) is 0 Å². The molecular formula is C63H42S2. The molecule has 306 valence electrons. The molecular weight excluding hydrogens is 821 g/mol. The maximum absolute atomic E-state index is 2.46. The van der Waals surface area contributed by atoms with Crippen LogP contribution in [0.15, 0.2) is 231 Å². The lowest BCUT2D eigenvalue weighted by Crippen LogP contribution is -1.92. The fourth-order valence-electron chi connectivity index (χ4n) is 9.87. The minimum absolute atomic E-state index is 1.23. The van der Waals surface area contributed by atoms with Gasteiger partial charge in [0.05, 0.1) is 0 Å². The van der Waals surface area contributed by atoms with Gasteiger partial charge in [0.2, 0.25) is 0 Å². The lowest BCUT2D eigenvalue weighted by molar-refractivity contribution is 1.68. The largest absolute Gasteiger partial charge is 0.134 e. The quantitative estimate of drug-likeness (QED) is 0.105. The van der Waals surface area contributed by atoms with E-state index in [1.165, 1.54) is 123 Å². The highest BCUT2D eigenvalue weighted by Gasteiger charge is 2.20. The van der Waals surface area contributed by atoms with Crippen LogP contribution >= 0.6 is 22.7 Å². The molecule has 0 spiro atoms. The van der Waals surface area contributed by atoms with Crippen LogP contribution in [-0.2, 0) is 0 Å². The summed E-state index contributed by atoms with van der Waals surface area (Å²) in [6, 6.07) is 74.5. The number of rotatable bonds is 8. The number of allylic oxidation sites excluding steroid dienone is 5. The van der Waals surface area contributed by atoms with Crippen molar-refractivity contribution in [1.82, 2.24) is 0 Å². The Morgan fingerprint density at radius 3 is 1.31 bits per heavy atom. The second-order valence-corrected chi connectivity index (χ2v) is 18.8. The van der Waals surface area contributed by atoms with Gasteiger partial charge >= 0.3 is 0 Å². The standard InChI is InChI=1S/C63H42S2/c1-2-3-4-5-6-21-48-49-22-11-13-24-51(49)63(52-25-14-12-23-50(48)52)60-37-36-59(65-60)58-35-34-57(64-58)45-32-33-55-56(40-45)62(47-31-29-42-18-8-10-20-44(42)39-47)54-27-16-15-26-53(54)61(55)46-30-28-41-17-7-9-19-43(41)38-46/h2-40H,1H3/b3-2-,5-4-,21-6+. The number of thiophene rings is 2. The SMILES string of the molecule is C\C=C/C=C\C=C\c1c2ccccc2c(-c2ccc(-c3ccc(-c4ccc5c(-c6ccc7ccccc7c6)c6ccccc6c(-c6ccc7ccccc7c6)c5c4)s3)s2)c2ccccc12. The van der Waals surface area contributed by atoms with Crippen molar-refractivity contribution in [3.63, 3.8) is 0 Å². The third kappa shape index (κ3) is 6.91. The van der Waals surface area contributed by atoms with Gasteiger partial charge in [-0.2, -0.15) is 0 Å². The molecule has 10 aromatic carbocycles. The van der Waals surface area contributed by atoms with Crippen molar-refractivity contribution in [1.29, 1.82) is 0 Å². The van der Waals surface area contributed by atoms with E-state index in [9.17, 15) is 0 Å². The van der Waals surface area contributed by atoms with Gasteiger partial charge in [-0.3, -0.25) is 0 Å². The van der Waals surface area contributed by atoms with Gasteiger partial charge in [-0.05, 0) is 147 Å². The fraction of sp³-hybridized carbons (Fsp3) is 0.0159. The molecule has 2 aromatic heterocycles. The van der Waals surface area contributed by atoms with Gasteiger partial charge in [0, 0.05) is 25.1 Å². The maximum atomic E-state index is 2.46. The van der Waals surface area contributed by atoms with Crippen LogP contribution in [0.25, 0.3) is 124 Å². The summed E-state index contributed by atoms with van der Waals surface area (Å²) in [6.07, 6.45) is 12.7. The highest BCUT2D eigenvalue weighted by Crippen LogP contribution is 2.48. The first kappa shape index (κ1) is 39.0. The highest BCUT2D eigenvalue weighted by atomic mass is 32.1. The van der Waals surface area contributed by atoms with Crippen LogP contribution in [0.5, 0.6) is 0 Å². The minimum atomic E-state index is 1.23. The number of benzene rings is 10. The Morgan fingerprint density at radius 2 is 0.723 bits per heavy atom. The molecule has 0 radical (unpaired) electrons. The second kappa shape index (κ2) is 16.5. The Labute approximate surface area is 387 Å². The van der Waals surface area contributed by atoms with Crippen LogP contribution < -0.4 is 0 Å². The molecule has 0 aliphatic rings. The third-order valence-corrected chi connectivity index (χ3v) is 15.3. The first-order valence-corrected chi connectivity index (χ1v) is 23.9. The summed E-state index contributed by atoms with van der Waals surface area (Å²) >= 11 is 3.77. The highest BCUT2D eigenvalue weighted by molar-refractivity contribution is 7.25. The smallest absolute Gasteiger partial charge is 0.0449 e. The average molecular weight is 863 g/mol. The molecule has 0 aliphatic heterocycles. The van der Waals surface area contributed by atoms with Crippen molar-refractivity contribution in [3.8, 4) is 52.9 Å². The predicted molar refractivity (Wildman–Crippen MR) is 287 cm³/mol. The van der Waals surface area contributed by atoms with Crippen LogP contribution in [0, 0.1) is 0 Å². The molecule has 2 heterocycles. The van der Waals surface area contributed by atoms with Crippen LogP contribution in [0.4, 0.5) is 0 Å². The zero-order valence-corrected chi connectivity index (χ0v) is 37.5. The monoisotopic (exact) mass is 862 g/mol. The average Bonchev–Trinajstić information content (AvgIpc) is 4.06. The molecule has 0 nitrogen and oxygen atoms in total. The summed E-state index contributed by atoms with van der Waals surface area (Å²) in [5.74, 6) is 0. The van der Waals surface area contributed by atoms with E-state index >= 15 is 0 Å². The van der Waals surface area contributed by atoms with Crippen LogP contribution in [0.1, 0.15) is 12.5 Å². The van der Waals surface area contributed by atoms with E-state index in [4.69, 9.17) is 0 Å². The van der Waals surface area contributed by atoms with Gasteiger partial charge in [0.1, 0.15) is 0 Å². The first-order valence-electron chi connectivity index (χ1n) is 22.3. The van der Waals surface area contributed by atoms with E-state index in [2.05, 4.69) is 231 Å². The Hall–Kier alpha value is -7.62. The Kier molecular flexibility index (Phi) is 9.90. The molecule has 0 amide bonds. The van der Waals surface area contributed by atoms with Crippen LogP contribution in [0.2, 0.25) is 0 Å². The Bertz CT molecular complexity index is 3850. The molecule has 0 bridgehead atoms. The fourth-order valence-corrected chi connectivity index (χ4v) is 12.0. The van der Waals surface area contributed by atoms with Gasteiger partial charge in [-0.25, -0.2) is 0 Å².